The number of rotatable bonds is 8. The Kier molecular flexibility index (Phi) is 6.16. The number of hydrogen-bond acceptors (Lipinski definition) is 3. The molecule has 1 rings (SSSR count). The molecule has 3 nitrogen and oxygen atoms in total. The predicted octanol–water partition coefficient (Wildman–Crippen LogP) is 2.43. The van der Waals surface area contributed by atoms with Gasteiger partial charge in [-0.2, -0.15) is 0 Å². The van der Waals surface area contributed by atoms with Gasteiger partial charge in [-0.1, -0.05) is 32.4 Å². The molecular weight excluding hydrogens is 226 g/mol. The fourth-order valence-electron chi connectivity index (χ4n) is 1.65. The van der Waals surface area contributed by atoms with Crippen LogP contribution in [0.4, 0.5) is 5.69 Å². The van der Waals surface area contributed by atoms with Crippen molar-refractivity contribution in [1.29, 1.82) is 0 Å². The fourth-order valence-corrected chi connectivity index (χ4v) is 1.65. The topological polar surface area (TPSA) is 52.5 Å². The number of aliphatic hydroxyl groups is 2. The van der Waals surface area contributed by atoms with Crippen LogP contribution in [0.2, 0.25) is 0 Å². The van der Waals surface area contributed by atoms with Crippen molar-refractivity contribution in [2.24, 2.45) is 5.41 Å². The van der Waals surface area contributed by atoms with Gasteiger partial charge in [-0.05, 0) is 30.5 Å². The second-order valence-electron chi connectivity index (χ2n) is 5.28. The van der Waals surface area contributed by atoms with Gasteiger partial charge in [0.15, 0.2) is 0 Å². The zero-order valence-electron chi connectivity index (χ0n) is 11.4. The van der Waals surface area contributed by atoms with Crippen molar-refractivity contribution in [1.82, 2.24) is 0 Å². The van der Waals surface area contributed by atoms with E-state index in [1.54, 1.807) is 0 Å². The van der Waals surface area contributed by atoms with Crippen LogP contribution >= 0.6 is 0 Å². The molecule has 102 valence electrons. The lowest BCUT2D eigenvalue weighted by molar-refractivity contribution is 0.0806. The van der Waals surface area contributed by atoms with Gasteiger partial charge in [0.1, 0.15) is 0 Å². The SMILES string of the molecule is CCCCc1ccc(NCC(C)(CO)CO)cc1. The number of aryl methyl sites for hydroxylation is 1. The summed E-state index contributed by atoms with van der Waals surface area (Å²) in [4.78, 5) is 0. The van der Waals surface area contributed by atoms with Crippen LogP contribution in [0.5, 0.6) is 0 Å². The molecule has 0 aliphatic carbocycles. The summed E-state index contributed by atoms with van der Waals surface area (Å²) in [5, 5.41) is 21.7. The summed E-state index contributed by atoms with van der Waals surface area (Å²) in [5.74, 6) is 0. The number of unbranched alkanes of at least 4 members (excludes halogenated alkanes) is 1. The molecule has 0 saturated heterocycles. The van der Waals surface area contributed by atoms with E-state index in [9.17, 15) is 10.2 Å². The third-order valence-corrected chi connectivity index (χ3v) is 3.26. The maximum atomic E-state index is 9.20. The normalized spacial score (nSPS) is 11.6. The fraction of sp³-hybridized carbons (Fsp3) is 0.600. The Bertz CT molecular complexity index is 331. The third kappa shape index (κ3) is 4.67. The van der Waals surface area contributed by atoms with Crippen molar-refractivity contribution in [3.8, 4) is 0 Å². The first-order valence-corrected chi connectivity index (χ1v) is 6.68. The minimum absolute atomic E-state index is 0.0227. The zero-order chi connectivity index (χ0) is 13.4. The lowest BCUT2D eigenvalue weighted by Crippen LogP contribution is -2.33. The molecule has 1 aromatic rings. The minimum atomic E-state index is -0.471. The first-order chi connectivity index (χ1) is 8.63. The van der Waals surface area contributed by atoms with E-state index in [1.807, 2.05) is 6.92 Å². The van der Waals surface area contributed by atoms with Crippen molar-refractivity contribution in [2.75, 3.05) is 25.1 Å². The van der Waals surface area contributed by atoms with E-state index in [-0.39, 0.29) is 13.2 Å². The molecule has 0 spiro atoms. The van der Waals surface area contributed by atoms with Gasteiger partial charge in [-0.25, -0.2) is 0 Å². The molecule has 0 aromatic heterocycles. The zero-order valence-corrected chi connectivity index (χ0v) is 11.4. The Morgan fingerprint density at radius 3 is 2.22 bits per heavy atom. The summed E-state index contributed by atoms with van der Waals surface area (Å²) in [6, 6.07) is 8.38. The van der Waals surface area contributed by atoms with Gasteiger partial charge in [-0.3, -0.25) is 0 Å². The van der Waals surface area contributed by atoms with E-state index in [1.165, 1.54) is 18.4 Å². The summed E-state index contributed by atoms with van der Waals surface area (Å²) in [5.41, 5.74) is 1.92. The van der Waals surface area contributed by atoms with Crippen molar-refractivity contribution < 1.29 is 10.2 Å². The van der Waals surface area contributed by atoms with Gasteiger partial charge in [-0.15, -0.1) is 0 Å². The standard InChI is InChI=1S/C15H25NO2/c1-3-4-5-13-6-8-14(9-7-13)16-10-15(2,11-17)12-18/h6-9,16-18H,3-5,10-12H2,1-2H3. The molecule has 1 aromatic carbocycles. The van der Waals surface area contributed by atoms with E-state index < -0.39 is 5.41 Å². The molecule has 0 radical (unpaired) electrons. The van der Waals surface area contributed by atoms with E-state index in [4.69, 9.17) is 0 Å². The molecule has 0 bridgehead atoms. The molecule has 0 aliphatic rings. The maximum Gasteiger partial charge on any atom is 0.0523 e. The van der Waals surface area contributed by atoms with Crippen LogP contribution in [-0.2, 0) is 6.42 Å². The highest BCUT2D eigenvalue weighted by Gasteiger charge is 2.21. The monoisotopic (exact) mass is 251 g/mol. The Hall–Kier alpha value is -1.06. The minimum Gasteiger partial charge on any atom is -0.396 e. The number of nitrogens with one attached hydrogen (secondary N) is 1. The summed E-state index contributed by atoms with van der Waals surface area (Å²) in [6.07, 6.45) is 3.56. The van der Waals surface area contributed by atoms with E-state index in [0.717, 1.165) is 12.1 Å². The Morgan fingerprint density at radius 1 is 1.11 bits per heavy atom. The van der Waals surface area contributed by atoms with Gasteiger partial charge in [0.25, 0.3) is 0 Å². The van der Waals surface area contributed by atoms with Gasteiger partial charge in [0.05, 0.1) is 13.2 Å². The molecule has 3 N–H and O–H groups in total. The highest BCUT2D eigenvalue weighted by Crippen LogP contribution is 2.17. The molecular formula is C15H25NO2. The first kappa shape index (κ1) is 15.0. The summed E-state index contributed by atoms with van der Waals surface area (Å²) in [6.45, 7) is 4.57. The quantitative estimate of drug-likeness (QED) is 0.665. The van der Waals surface area contributed by atoms with Crippen molar-refractivity contribution >= 4 is 5.69 Å². The van der Waals surface area contributed by atoms with E-state index in [0.29, 0.717) is 6.54 Å². The second-order valence-corrected chi connectivity index (χ2v) is 5.28. The van der Waals surface area contributed by atoms with Gasteiger partial charge < -0.3 is 15.5 Å². The average molecular weight is 251 g/mol. The number of aliphatic hydroxyl groups excluding tert-OH is 2. The Balaban J connectivity index is 2.48. The number of hydrogen-bond donors (Lipinski definition) is 3. The number of anilines is 1. The lowest BCUT2D eigenvalue weighted by Gasteiger charge is -2.25. The van der Waals surface area contributed by atoms with E-state index in [2.05, 4.69) is 36.5 Å². The molecule has 0 saturated carbocycles. The highest BCUT2D eigenvalue weighted by atomic mass is 16.3. The van der Waals surface area contributed by atoms with Crippen LogP contribution in [0.3, 0.4) is 0 Å². The Morgan fingerprint density at radius 2 is 1.72 bits per heavy atom. The van der Waals surface area contributed by atoms with Crippen LogP contribution in [0.25, 0.3) is 0 Å². The predicted molar refractivity (Wildman–Crippen MR) is 75.8 cm³/mol. The Labute approximate surface area is 110 Å². The van der Waals surface area contributed by atoms with Crippen molar-refractivity contribution in [3.63, 3.8) is 0 Å². The summed E-state index contributed by atoms with van der Waals surface area (Å²) >= 11 is 0. The average Bonchev–Trinajstić information content (AvgIpc) is 2.43. The molecule has 0 atom stereocenters. The molecule has 3 heteroatoms. The highest BCUT2D eigenvalue weighted by molar-refractivity contribution is 5.44. The van der Waals surface area contributed by atoms with Crippen LogP contribution < -0.4 is 5.32 Å². The smallest absolute Gasteiger partial charge is 0.0523 e. The molecule has 0 unspecified atom stereocenters. The summed E-state index contributed by atoms with van der Waals surface area (Å²) in [7, 11) is 0. The largest absolute Gasteiger partial charge is 0.396 e. The van der Waals surface area contributed by atoms with Crippen LogP contribution in [0.15, 0.2) is 24.3 Å². The molecule has 0 amide bonds. The van der Waals surface area contributed by atoms with Crippen LogP contribution in [0.1, 0.15) is 32.3 Å². The van der Waals surface area contributed by atoms with Crippen LogP contribution in [-0.4, -0.2) is 30.0 Å². The molecule has 18 heavy (non-hydrogen) atoms. The molecule has 0 fully saturated rings. The first-order valence-electron chi connectivity index (χ1n) is 6.68. The van der Waals surface area contributed by atoms with Gasteiger partial charge in [0.2, 0.25) is 0 Å². The molecule has 0 heterocycles. The summed E-state index contributed by atoms with van der Waals surface area (Å²) < 4.78 is 0. The van der Waals surface area contributed by atoms with Crippen molar-refractivity contribution in [2.45, 2.75) is 33.1 Å². The van der Waals surface area contributed by atoms with Gasteiger partial charge in [0, 0.05) is 17.6 Å². The van der Waals surface area contributed by atoms with Crippen LogP contribution in [0, 0.1) is 5.41 Å². The molecule has 0 aliphatic heterocycles. The van der Waals surface area contributed by atoms with Crippen molar-refractivity contribution in [3.05, 3.63) is 29.8 Å². The van der Waals surface area contributed by atoms with Gasteiger partial charge >= 0.3 is 0 Å². The third-order valence-electron chi connectivity index (χ3n) is 3.26. The maximum absolute atomic E-state index is 9.20. The number of benzene rings is 1. The van der Waals surface area contributed by atoms with E-state index >= 15 is 0 Å². The lowest BCUT2D eigenvalue weighted by atomic mass is 9.93. The second kappa shape index (κ2) is 7.39.